The van der Waals surface area contributed by atoms with E-state index in [0.29, 0.717) is 45.2 Å². The van der Waals surface area contributed by atoms with E-state index in [1.54, 1.807) is 13.8 Å². The summed E-state index contributed by atoms with van der Waals surface area (Å²) in [5, 5.41) is 43.0. The van der Waals surface area contributed by atoms with Crippen LogP contribution >= 0.6 is 15.2 Å². The van der Waals surface area contributed by atoms with Gasteiger partial charge in [0.05, 0.1) is 36.8 Å². The maximum Gasteiger partial charge on any atom is 0.327 e. The summed E-state index contributed by atoms with van der Waals surface area (Å²) in [5.74, 6) is -7.61. The van der Waals surface area contributed by atoms with Crippen LogP contribution in [0, 0.1) is 5.92 Å². The van der Waals surface area contributed by atoms with E-state index < -0.39 is 129 Å². The summed E-state index contributed by atoms with van der Waals surface area (Å²) in [5.41, 5.74) is 17.0. The van der Waals surface area contributed by atoms with Crippen molar-refractivity contribution in [3.63, 3.8) is 0 Å². The van der Waals surface area contributed by atoms with Gasteiger partial charge in [0.25, 0.3) is 0 Å². The minimum absolute atomic E-state index is 0.0497. The molecule has 33 heteroatoms. The zero-order valence-corrected chi connectivity index (χ0v) is 44.4. The first kappa shape index (κ1) is 65.3. The molecule has 0 spiro atoms. The highest BCUT2D eigenvalue weighted by atomic mass is 31.2. The molecule has 0 aliphatic rings. The number of carboxylic acid groups (broad SMARTS) is 1. The molecule has 0 saturated carbocycles. The van der Waals surface area contributed by atoms with Gasteiger partial charge in [0, 0.05) is 31.2 Å². The lowest BCUT2D eigenvalue weighted by Gasteiger charge is -2.26. The minimum Gasteiger partial charge on any atom is -0.480 e. The Morgan fingerprint density at radius 2 is 0.813 bits per heavy atom. The monoisotopic (exact) mass is 1110 g/mol. The molecule has 0 aliphatic heterocycles. The molecule has 0 bridgehead atoms. The largest absolute Gasteiger partial charge is 0.480 e. The topological polar surface area (TPSA) is 496 Å². The molecular weight excluding hydrogens is 1030 g/mol. The molecule has 0 unspecified atom stereocenters. The Morgan fingerprint density at radius 3 is 1.15 bits per heavy atom. The normalized spacial score (nSPS) is 14.6. The van der Waals surface area contributed by atoms with Gasteiger partial charge in [-0.15, -0.1) is 10.2 Å². The second-order valence-corrected chi connectivity index (χ2v) is 21.8. The van der Waals surface area contributed by atoms with Crippen LogP contribution < -0.4 is 54.4 Å². The first-order valence-corrected chi connectivity index (χ1v) is 28.1. The SMILES string of the molecule is CC(C)C(=O)N[C@@H](CCCCN)C(=O)N[C@@H](Cc1cn(CCP(=O)(O)O)nn1)C(=O)N[C@@H](C)C(=O)N[C@@H](CCCCN)C(=O)N[C@@H](Cc1cn(CCP(=O)(O)O)nn1)C(=O)N[C@@H](C)C(=O)N[C@@H](CCCCN)C(=O)O. The number of nitrogens with zero attached hydrogens (tertiary/aromatic N) is 6. The predicted molar refractivity (Wildman–Crippen MR) is 267 cm³/mol. The van der Waals surface area contributed by atoms with Gasteiger partial charge in [0.2, 0.25) is 41.4 Å². The first-order valence-electron chi connectivity index (χ1n) is 24.5. The van der Waals surface area contributed by atoms with E-state index in [2.05, 4.69) is 57.8 Å². The van der Waals surface area contributed by atoms with Gasteiger partial charge in [-0.1, -0.05) is 24.3 Å². The van der Waals surface area contributed by atoms with Gasteiger partial charge in [-0.3, -0.25) is 52.1 Å². The molecule has 75 heavy (non-hydrogen) atoms. The molecule has 0 radical (unpaired) electrons. The second-order valence-electron chi connectivity index (χ2n) is 18.2. The Balaban J connectivity index is 2.44. The molecule has 0 aromatic carbocycles. The lowest BCUT2D eigenvalue weighted by Crippen LogP contribution is -2.59. The van der Waals surface area contributed by atoms with Crippen molar-refractivity contribution >= 4 is 62.5 Å². The average molecular weight is 1110 g/mol. The molecule has 0 saturated heterocycles. The summed E-state index contributed by atoms with van der Waals surface area (Å²) in [6.45, 7) is 6.11. The Hall–Kier alpha value is -5.78. The standard InChI is InChI=1S/C42H76N16O15P2/c1-25(2)35(59)48-30(11-5-8-14-43)38(62)51-33(21-28-23-57(55-53-28)17-19-74(68,69)70)40(64)46-26(3)36(60)49-31(12-6-9-15-44)39(63)52-34(22-29-24-58(56-54-29)18-20-75(71,72)73)41(65)47-27(4)37(61)50-32(42(66)67)13-7-10-16-45/h23-27,30-34H,5-22,43-45H2,1-4H3,(H,46,64)(H,47,65)(H,48,59)(H,49,60)(H,50,61)(H,51,62)(H,52,63)(H,66,67)(H2,68,69,70)(H2,71,72,73)/t26-,27-,30-,31-,32-,33-,34-/m0/s1. The zero-order chi connectivity index (χ0) is 56.5. The number of unbranched alkanes of at least 4 members (excludes halogenated alkanes) is 3. The van der Waals surface area contributed by atoms with Crippen LogP contribution in [0.25, 0.3) is 0 Å². The molecule has 424 valence electrons. The summed E-state index contributed by atoms with van der Waals surface area (Å²) in [4.78, 5) is 145. The zero-order valence-electron chi connectivity index (χ0n) is 42.6. The maximum absolute atomic E-state index is 14.2. The molecule has 31 nitrogen and oxygen atoms in total. The number of carbonyl (C=O) groups excluding carboxylic acids is 7. The van der Waals surface area contributed by atoms with Gasteiger partial charge in [-0.25, -0.2) is 4.79 Å². The van der Waals surface area contributed by atoms with E-state index in [4.69, 9.17) is 17.2 Å². The van der Waals surface area contributed by atoms with Gasteiger partial charge in [0.1, 0.15) is 42.3 Å². The van der Waals surface area contributed by atoms with E-state index in [0.717, 1.165) is 9.36 Å². The van der Waals surface area contributed by atoms with Crippen LogP contribution in [0.2, 0.25) is 0 Å². The summed E-state index contributed by atoms with van der Waals surface area (Å²) in [7, 11) is -8.87. The summed E-state index contributed by atoms with van der Waals surface area (Å²) in [6.07, 6.45) is 3.32. The molecule has 0 aliphatic carbocycles. The molecule has 0 fully saturated rings. The van der Waals surface area contributed by atoms with Crippen LogP contribution in [0.5, 0.6) is 0 Å². The number of carboxylic acids is 1. The third-order valence-corrected chi connectivity index (χ3v) is 12.8. The number of aromatic nitrogens is 6. The second kappa shape index (κ2) is 32.6. The summed E-state index contributed by atoms with van der Waals surface area (Å²) >= 11 is 0. The lowest BCUT2D eigenvalue weighted by molar-refractivity contribution is -0.142. The Bertz CT molecular complexity index is 2290. The highest BCUT2D eigenvalue weighted by Gasteiger charge is 2.34. The number of aryl methyl sites for hydroxylation is 2. The van der Waals surface area contributed by atoms with E-state index in [-0.39, 0.29) is 63.1 Å². The molecule has 2 rings (SSSR count). The lowest BCUT2D eigenvalue weighted by atomic mass is 10.0. The van der Waals surface area contributed by atoms with Crippen LogP contribution in [0.3, 0.4) is 0 Å². The Morgan fingerprint density at radius 1 is 0.493 bits per heavy atom. The number of amides is 7. The molecular formula is C42H76N16O15P2. The van der Waals surface area contributed by atoms with Crippen LogP contribution in [0.1, 0.15) is 96.9 Å². The number of nitrogens with one attached hydrogen (secondary N) is 7. The minimum atomic E-state index is -4.44. The molecule has 2 aromatic heterocycles. The van der Waals surface area contributed by atoms with Crippen LogP contribution in [0.4, 0.5) is 0 Å². The van der Waals surface area contributed by atoms with Crippen molar-refractivity contribution in [3.05, 3.63) is 23.8 Å². The number of carbonyl (C=O) groups is 8. The van der Waals surface area contributed by atoms with E-state index in [9.17, 15) is 72.2 Å². The number of nitrogens with two attached hydrogens (primary N) is 3. The fourth-order valence-electron chi connectivity index (χ4n) is 6.89. The highest BCUT2D eigenvalue weighted by molar-refractivity contribution is 7.52. The Kier molecular flexibility index (Phi) is 28.4. The van der Waals surface area contributed by atoms with Gasteiger partial charge < -0.3 is 79.1 Å². The number of rotatable bonds is 37. The number of hydrogen-bond donors (Lipinski definition) is 15. The van der Waals surface area contributed by atoms with Crippen molar-refractivity contribution in [2.45, 2.75) is 154 Å². The third-order valence-electron chi connectivity index (χ3n) is 11.3. The fourth-order valence-corrected chi connectivity index (χ4v) is 7.82. The van der Waals surface area contributed by atoms with E-state index in [1.165, 1.54) is 26.2 Å². The van der Waals surface area contributed by atoms with Crippen LogP contribution in [-0.4, -0.2) is 176 Å². The van der Waals surface area contributed by atoms with Gasteiger partial charge in [-0.05, 0) is 91.3 Å². The van der Waals surface area contributed by atoms with Gasteiger partial charge in [0.15, 0.2) is 0 Å². The fraction of sp³-hybridized carbons (Fsp3) is 0.714. The van der Waals surface area contributed by atoms with Crippen molar-refractivity contribution in [1.29, 1.82) is 0 Å². The molecule has 18 N–H and O–H groups in total. The van der Waals surface area contributed by atoms with Crippen molar-refractivity contribution in [3.8, 4) is 0 Å². The predicted octanol–water partition coefficient (Wildman–Crippen LogP) is -4.43. The number of aliphatic carboxylic acids is 1. The molecule has 2 heterocycles. The van der Waals surface area contributed by atoms with Gasteiger partial charge >= 0.3 is 21.2 Å². The van der Waals surface area contributed by atoms with Crippen molar-refractivity contribution in [2.75, 3.05) is 32.0 Å². The van der Waals surface area contributed by atoms with Crippen LogP contribution in [0.15, 0.2) is 12.4 Å². The van der Waals surface area contributed by atoms with E-state index in [1.807, 2.05) is 0 Å². The van der Waals surface area contributed by atoms with Crippen molar-refractivity contribution < 1.29 is 72.2 Å². The highest BCUT2D eigenvalue weighted by Crippen LogP contribution is 2.34. The smallest absolute Gasteiger partial charge is 0.327 e. The maximum atomic E-state index is 14.2. The van der Waals surface area contributed by atoms with Gasteiger partial charge in [-0.2, -0.15) is 0 Å². The van der Waals surface area contributed by atoms with Crippen molar-refractivity contribution in [1.82, 2.24) is 67.2 Å². The van der Waals surface area contributed by atoms with Crippen LogP contribution in [-0.2, 0) is 73.4 Å². The quantitative estimate of drug-likeness (QED) is 0.0224. The Labute approximate surface area is 433 Å². The van der Waals surface area contributed by atoms with Crippen molar-refractivity contribution in [2.24, 2.45) is 23.1 Å². The molecule has 7 amide bonds. The number of hydrogen-bond acceptors (Lipinski definition) is 17. The summed E-state index contributed by atoms with van der Waals surface area (Å²) < 4.78 is 25.2. The summed E-state index contributed by atoms with van der Waals surface area (Å²) in [6, 6.07) is -9.64. The molecule has 2 aromatic rings. The third kappa shape index (κ3) is 26.0. The average Bonchev–Trinajstić information content (AvgIpc) is 3.99. The molecule has 7 atom stereocenters. The van der Waals surface area contributed by atoms with E-state index >= 15 is 0 Å². The first-order chi connectivity index (χ1) is 35.2.